The molecule has 0 fully saturated rings. The number of benzene rings is 1. The van der Waals surface area contributed by atoms with Crippen LogP contribution in [0.25, 0.3) is 6.08 Å². The van der Waals surface area contributed by atoms with E-state index in [0.29, 0.717) is 0 Å². The van der Waals surface area contributed by atoms with Crippen molar-refractivity contribution in [2.45, 2.75) is 0 Å². The van der Waals surface area contributed by atoms with Gasteiger partial charge in [-0.1, -0.05) is 30.3 Å². The van der Waals surface area contributed by atoms with Gasteiger partial charge in [-0.25, -0.2) is 4.79 Å². The Morgan fingerprint density at radius 1 is 1.31 bits per heavy atom. The second-order valence-electron chi connectivity index (χ2n) is 2.32. The number of hydrogen-bond donors (Lipinski definition) is 2. The summed E-state index contributed by atoms with van der Waals surface area (Å²) < 4.78 is 0. The zero-order valence-electron chi connectivity index (χ0n) is 6.81. The highest BCUT2D eigenvalue weighted by atomic mass is 35.5. The summed E-state index contributed by atoms with van der Waals surface area (Å²) in [6.07, 6.45) is 1.42. The van der Waals surface area contributed by atoms with Gasteiger partial charge in [0.1, 0.15) is 5.70 Å². The summed E-state index contributed by atoms with van der Waals surface area (Å²) in [5, 5.41) is 8.45. The molecule has 1 aromatic rings. The van der Waals surface area contributed by atoms with Gasteiger partial charge in [0.15, 0.2) is 0 Å². The molecular weight excluding hydrogens is 190 g/mol. The van der Waals surface area contributed by atoms with Crippen LogP contribution in [0, 0.1) is 0 Å². The maximum atomic E-state index is 10.3. The standard InChI is InChI=1S/C9H9NO2.ClH/c10-8(9(11)12)6-7-4-2-1-3-5-7;/h1-6H,10H2,(H,11,12);1H. The number of carboxylic acids is 1. The Balaban J connectivity index is 0.00000144. The Morgan fingerprint density at radius 2 is 1.85 bits per heavy atom. The van der Waals surface area contributed by atoms with Crippen LogP contribution in [0.1, 0.15) is 5.56 Å². The van der Waals surface area contributed by atoms with Crippen LogP contribution in [0.5, 0.6) is 0 Å². The molecule has 0 unspecified atom stereocenters. The van der Waals surface area contributed by atoms with E-state index in [2.05, 4.69) is 0 Å². The lowest BCUT2D eigenvalue weighted by atomic mass is 10.2. The van der Waals surface area contributed by atoms with Crippen molar-refractivity contribution >= 4 is 24.5 Å². The number of aliphatic carboxylic acids is 1. The third-order valence-corrected chi connectivity index (χ3v) is 1.37. The second-order valence-corrected chi connectivity index (χ2v) is 2.32. The molecule has 0 radical (unpaired) electrons. The van der Waals surface area contributed by atoms with Crippen molar-refractivity contribution in [3.05, 3.63) is 41.6 Å². The van der Waals surface area contributed by atoms with Crippen molar-refractivity contribution in [2.24, 2.45) is 5.73 Å². The van der Waals surface area contributed by atoms with Crippen LogP contribution in [-0.4, -0.2) is 11.1 Å². The number of carbonyl (C=O) groups is 1. The number of nitrogens with two attached hydrogens (primary N) is 1. The molecule has 3 nitrogen and oxygen atoms in total. The monoisotopic (exact) mass is 199 g/mol. The zero-order chi connectivity index (χ0) is 8.97. The van der Waals surface area contributed by atoms with E-state index >= 15 is 0 Å². The van der Waals surface area contributed by atoms with Crippen LogP contribution >= 0.6 is 12.4 Å². The van der Waals surface area contributed by atoms with Crippen LogP contribution < -0.4 is 5.73 Å². The van der Waals surface area contributed by atoms with Crippen molar-refractivity contribution in [2.75, 3.05) is 0 Å². The summed E-state index contributed by atoms with van der Waals surface area (Å²) in [6, 6.07) is 9.07. The number of hydrogen-bond acceptors (Lipinski definition) is 2. The third-order valence-electron chi connectivity index (χ3n) is 1.37. The van der Waals surface area contributed by atoms with Crippen molar-refractivity contribution in [1.82, 2.24) is 0 Å². The van der Waals surface area contributed by atoms with Crippen LogP contribution in [0.3, 0.4) is 0 Å². The first-order valence-corrected chi connectivity index (χ1v) is 3.45. The Hall–Kier alpha value is -1.48. The number of carboxylic acid groups (broad SMARTS) is 1. The second kappa shape index (κ2) is 5.22. The van der Waals surface area contributed by atoms with E-state index in [1.807, 2.05) is 18.2 Å². The topological polar surface area (TPSA) is 63.3 Å². The van der Waals surface area contributed by atoms with E-state index in [1.165, 1.54) is 6.08 Å². The van der Waals surface area contributed by atoms with E-state index in [4.69, 9.17) is 10.8 Å². The fraction of sp³-hybridized carbons (Fsp3) is 0. The van der Waals surface area contributed by atoms with Crippen LogP contribution in [0.15, 0.2) is 36.0 Å². The summed E-state index contributed by atoms with van der Waals surface area (Å²) in [4.78, 5) is 10.3. The number of rotatable bonds is 2. The van der Waals surface area contributed by atoms with Crippen LogP contribution in [-0.2, 0) is 4.79 Å². The first-order valence-electron chi connectivity index (χ1n) is 3.45. The maximum Gasteiger partial charge on any atom is 0.351 e. The predicted molar refractivity (Wildman–Crippen MR) is 53.5 cm³/mol. The average Bonchev–Trinajstić information content (AvgIpc) is 2.06. The maximum absolute atomic E-state index is 10.3. The van der Waals surface area contributed by atoms with Gasteiger partial charge in [-0.3, -0.25) is 0 Å². The fourth-order valence-corrected chi connectivity index (χ4v) is 0.791. The van der Waals surface area contributed by atoms with Crippen molar-refractivity contribution in [3.63, 3.8) is 0 Å². The highest BCUT2D eigenvalue weighted by Crippen LogP contribution is 2.02. The lowest BCUT2D eigenvalue weighted by Gasteiger charge is -1.93. The molecule has 1 rings (SSSR count). The smallest absolute Gasteiger partial charge is 0.351 e. The molecule has 13 heavy (non-hydrogen) atoms. The SMILES string of the molecule is Cl.NC(=Cc1ccccc1)C(=O)O. The van der Waals surface area contributed by atoms with Gasteiger partial charge in [0.05, 0.1) is 0 Å². The molecule has 0 amide bonds. The summed E-state index contributed by atoms with van der Waals surface area (Å²) in [5.74, 6) is -1.10. The summed E-state index contributed by atoms with van der Waals surface area (Å²) >= 11 is 0. The van der Waals surface area contributed by atoms with Gasteiger partial charge >= 0.3 is 5.97 Å². The number of halogens is 1. The van der Waals surface area contributed by atoms with Gasteiger partial charge < -0.3 is 10.8 Å². The van der Waals surface area contributed by atoms with Gasteiger partial charge in [-0.15, -0.1) is 12.4 Å². The van der Waals surface area contributed by atoms with Gasteiger partial charge in [0.25, 0.3) is 0 Å². The third kappa shape index (κ3) is 3.62. The van der Waals surface area contributed by atoms with E-state index in [0.717, 1.165) is 5.56 Å². The molecule has 0 aliphatic rings. The molecular formula is C9H10ClNO2. The molecule has 0 aliphatic heterocycles. The van der Waals surface area contributed by atoms with Gasteiger partial charge in [0, 0.05) is 0 Å². The van der Waals surface area contributed by atoms with Crippen molar-refractivity contribution < 1.29 is 9.90 Å². The lowest BCUT2D eigenvalue weighted by Crippen LogP contribution is -2.09. The lowest BCUT2D eigenvalue weighted by molar-refractivity contribution is -0.132. The first-order chi connectivity index (χ1) is 5.70. The molecule has 0 bridgehead atoms. The van der Waals surface area contributed by atoms with Gasteiger partial charge in [0.2, 0.25) is 0 Å². The summed E-state index contributed by atoms with van der Waals surface area (Å²) in [7, 11) is 0. The predicted octanol–water partition coefficient (Wildman–Crippen LogP) is 1.49. The minimum Gasteiger partial charge on any atom is -0.477 e. The molecule has 0 saturated carbocycles. The van der Waals surface area contributed by atoms with Crippen molar-refractivity contribution in [3.8, 4) is 0 Å². The first kappa shape index (κ1) is 11.5. The Morgan fingerprint density at radius 3 is 2.31 bits per heavy atom. The van der Waals surface area contributed by atoms with E-state index < -0.39 is 5.97 Å². The molecule has 3 N–H and O–H groups in total. The minimum atomic E-state index is -1.10. The highest BCUT2D eigenvalue weighted by molar-refractivity contribution is 5.90. The normalized spacial score (nSPS) is 10.3. The molecule has 0 heterocycles. The minimum absolute atomic E-state index is 0. The Kier molecular flexibility index (Phi) is 4.62. The molecule has 0 aromatic heterocycles. The van der Waals surface area contributed by atoms with E-state index in [1.54, 1.807) is 12.1 Å². The Labute approximate surface area is 82.3 Å². The molecule has 0 saturated heterocycles. The van der Waals surface area contributed by atoms with E-state index in [-0.39, 0.29) is 18.1 Å². The fourth-order valence-electron chi connectivity index (χ4n) is 0.791. The quantitative estimate of drug-likeness (QED) is 0.710. The summed E-state index contributed by atoms with van der Waals surface area (Å²) in [5.41, 5.74) is 5.85. The molecule has 0 aliphatic carbocycles. The largest absolute Gasteiger partial charge is 0.477 e. The van der Waals surface area contributed by atoms with Crippen LogP contribution in [0.4, 0.5) is 0 Å². The highest BCUT2D eigenvalue weighted by Gasteiger charge is 1.99. The molecule has 1 aromatic carbocycles. The van der Waals surface area contributed by atoms with Gasteiger partial charge in [-0.2, -0.15) is 0 Å². The molecule has 0 spiro atoms. The molecule has 70 valence electrons. The van der Waals surface area contributed by atoms with E-state index in [9.17, 15) is 4.79 Å². The summed E-state index contributed by atoms with van der Waals surface area (Å²) in [6.45, 7) is 0. The Bertz CT molecular complexity index is 309. The van der Waals surface area contributed by atoms with Crippen LogP contribution in [0.2, 0.25) is 0 Å². The molecule has 0 atom stereocenters. The zero-order valence-corrected chi connectivity index (χ0v) is 7.62. The van der Waals surface area contributed by atoms with Gasteiger partial charge in [-0.05, 0) is 11.6 Å². The van der Waals surface area contributed by atoms with Crippen molar-refractivity contribution in [1.29, 1.82) is 0 Å². The molecule has 4 heteroatoms. The average molecular weight is 200 g/mol.